The molecule has 1 heterocycles. The molecular formula is C20H18ClN5O3. The molecule has 0 aliphatic rings. The van der Waals surface area contributed by atoms with Gasteiger partial charge in [0, 0.05) is 17.6 Å². The highest BCUT2D eigenvalue weighted by Gasteiger charge is 2.21. The number of ketones is 1. The molecule has 29 heavy (non-hydrogen) atoms. The number of aromatic nitrogens is 3. The van der Waals surface area contributed by atoms with Gasteiger partial charge in [-0.1, -0.05) is 58.4 Å². The first kappa shape index (κ1) is 20.2. The number of Topliss-reactive ketones (excluding diaryl/α,β-unsaturated/α-hetero) is 1. The number of nitrogens with one attached hydrogen (secondary N) is 1. The Labute approximate surface area is 172 Å². The summed E-state index contributed by atoms with van der Waals surface area (Å²) in [5.41, 5.74) is 2.23. The summed E-state index contributed by atoms with van der Waals surface area (Å²) in [7, 11) is 1.46. The average molecular weight is 412 g/mol. The highest BCUT2D eigenvalue weighted by molar-refractivity contribution is 6.30. The van der Waals surface area contributed by atoms with Crippen LogP contribution in [0.5, 0.6) is 5.88 Å². The Kier molecular flexibility index (Phi) is 6.36. The summed E-state index contributed by atoms with van der Waals surface area (Å²) in [6.07, 6.45) is 1.51. The van der Waals surface area contributed by atoms with Crippen molar-refractivity contribution in [1.82, 2.24) is 20.4 Å². The van der Waals surface area contributed by atoms with E-state index in [1.807, 2.05) is 19.1 Å². The molecule has 0 fully saturated rings. The third-order valence-electron chi connectivity index (χ3n) is 3.96. The smallest absolute Gasteiger partial charge is 0.277 e. The Balaban J connectivity index is 1.82. The van der Waals surface area contributed by atoms with Crippen molar-refractivity contribution in [1.29, 1.82) is 0 Å². The van der Waals surface area contributed by atoms with Crippen LogP contribution in [0.25, 0.3) is 0 Å². The van der Waals surface area contributed by atoms with E-state index in [1.54, 1.807) is 36.4 Å². The van der Waals surface area contributed by atoms with Gasteiger partial charge in [0.2, 0.25) is 5.69 Å². The zero-order valence-electron chi connectivity index (χ0n) is 15.8. The number of rotatable bonds is 7. The van der Waals surface area contributed by atoms with Crippen LogP contribution in [-0.4, -0.2) is 46.7 Å². The molecule has 0 saturated heterocycles. The van der Waals surface area contributed by atoms with Crippen molar-refractivity contribution in [3.05, 3.63) is 75.9 Å². The number of halogens is 1. The van der Waals surface area contributed by atoms with Crippen LogP contribution >= 0.6 is 11.6 Å². The Morgan fingerprint density at radius 1 is 1.17 bits per heavy atom. The summed E-state index contributed by atoms with van der Waals surface area (Å²) in [6, 6.07) is 14.1. The van der Waals surface area contributed by atoms with Crippen LogP contribution in [0.4, 0.5) is 0 Å². The first-order valence-electron chi connectivity index (χ1n) is 8.68. The van der Waals surface area contributed by atoms with Gasteiger partial charge in [0.15, 0.2) is 12.4 Å². The number of aryl methyl sites for hydroxylation is 1. The molecule has 3 rings (SSSR count). The molecule has 0 radical (unpaired) electrons. The van der Waals surface area contributed by atoms with E-state index in [0.717, 1.165) is 15.9 Å². The van der Waals surface area contributed by atoms with E-state index in [4.69, 9.17) is 16.3 Å². The molecule has 2 aromatic carbocycles. The summed E-state index contributed by atoms with van der Waals surface area (Å²) in [5.74, 6) is -0.784. The number of carbonyl (C=O) groups excluding carboxylic acids is 2. The molecule has 0 unspecified atom stereocenters. The number of benzene rings is 2. The lowest BCUT2D eigenvalue weighted by Gasteiger charge is -2.07. The summed E-state index contributed by atoms with van der Waals surface area (Å²) in [6.45, 7) is 1.64. The summed E-state index contributed by atoms with van der Waals surface area (Å²) in [4.78, 5) is 25.5. The minimum Gasteiger partial charge on any atom is -0.466 e. The third kappa shape index (κ3) is 5.05. The van der Waals surface area contributed by atoms with Gasteiger partial charge in [-0.2, -0.15) is 5.10 Å². The van der Waals surface area contributed by atoms with Crippen LogP contribution in [0.2, 0.25) is 5.02 Å². The molecule has 0 spiro atoms. The van der Waals surface area contributed by atoms with Gasteiger partial charge in [0.05, 0.1) is 6.21 Å². The van der Waals surface area contributed by atoms with Gasteiger partial charge in [-0.25, -0.2) is 0 Å². The lowest BCUT2D eigenvalue weighted by Crippen LogP contribution is -2.21. The summed E-state index contributed by atoms with van der Waals surface area (Å²) < 4.78 is 5.58. The minimum absolute atomic E-state index is 0.0324. The Morgan fingerprint density at radius 3 is 2.52 bits per heavy atom. The molecule has 1 aromatic heterocycles. The maximum absolute atomic E-state index is 12.4. The largest absolute Gasteiger partial charge is 0.466 e. The Bertz CT molecular complexity index is 1040. The second-order valence-electron chi connectivity index (χ2n) is 6.09. The molecular weight excluding hydrogens is 394 g/mol. The molecule has 9 heteroatoms. The second-order valence-corrected chi connectivity index (χ2v) is 6.52. The topological polar surface area (TPSA) is 98.5 Å². The van der Waals surface area contributed by atoms with Crippen LogP contribution in [0.15, 0.2) is 53.6 Å². The fourth-order valence-corrected chi connectivity index (χ4v) is 2.48. The van der Waals surface area contributed by atoms with Gasteiger partial charge < -0.3 is 10.1 Å². The van der Waals surface area contributed by atoms with Crippen LogP contribution < -0.4 is 10.1 Å². The van der Waals surface area contributed by atoms with Gasteiger partial charge in [0.1, 0.15) is 0 Å². The molecule has 1 N–H and O–H groups in total. The number of carbonyl (C=O) groups is 2. The first-order valence-corrected chi connectivity index (χ1v) is 9.06. The van der Waals surface area contributed by atoms with E-state index in [2.05, 4.69) is 20.7 Å². The molecule has 0 aliphatic heterocycles. The third-order valence-corrected chi connectivity index (χ3v) is 4.21. The van der Waals surface area contributed by atoms with E-state index in [-0.39, 0.29) is 24.0 Å². The molecule has 3 aromatic rings. The van der Waals surface area contributed by atoms with Crippen molar-refractivity contribution in [2.75, 3.05) is 13.7 Å². The molecule has 0 aliphatic carbocycles. The van der Waals surface area contributed by atoms with Crippen LogP contribution in [0.1, 0.15) is 32.0 Å². The van der Waals surface area contributed by atoms with Crippen LogP contribution in [-0.2, 0) is 0 Å². The number of ether oxygens (including phenoxy) is 1. The number of hydrogen-bond donors (Lipinski definition) is 1. The van der Waals surface area contributed by atoms with Crippen molar-refractivity contribution in [2.24, 2.45) is 5.10 Å². The van der Waals surface area contributed by atoms with Crippen molar-refractivity contribution < 1.29 is 14.3 Å². The maximum atomic E-state index is 12.4. The Hall–Kier alpha value is -3.52. The predicted octanol–water partition coefficient (Wildman–Crippen LogP) is 2.74. The maximum Gasteiger partial charge on any atom is 0.277 e. The molecule has 0 atom stereocenters. The van der Waals surface area contributed by atoms with Gasteiger partial charge in [-0.15, -0.1) is 5.10 Å². The first-order chi connectivity index (χ1) is 14.0. The zero-order chi connectivity index (χ0) is 20.8. The highest BCUT2D eigenvalue weighted by Crippen LogP contribution is 2.17. The number of hydrogen-bond acceptors (Lipinski definition) is 6. The molecule has 0 bridgehead atoms. The van der Waals surface area contributed by atoms with E-state index in [9.17, 15) is 9.59 Å². The normalized spacial score (nSPS) is 10.9. The van der Waals surface area contributed by atoms with Gasteiger partial charge in [0.25, 0.3) is 11.8 Å². The molecule has 0 saturated carbocycles. The van der Waals surface area contributed by atoms with Crippen molar-refractivity contribution in [3.8, 4) is 5.88 Å². The molecule has 148 valence electrons. The second kappa shape index (κ2) is 9.11. The molecule has 8 nitrogen and oxygen atoms in total. The van der Waals surface area contributed by atoms with Crippen molar-refractivity contribution in [2.45, 2.75) is 6.92 Å². The zero-order valence-corrected chi connectivity index (χ0v) is 16.6. The van der Waals surface area contributed by atoms with Gasteiger partial charge >= 0.3 is 0 Å². The van der Waals surface area contributed by atoms with E-state index in [0.29, 0.717) is 10.6 Å². The standard InChI is InChI=1S/C20H18ClN5O3/c1-13-3-7-15(8-4-13)17(27)12-29-20-18(19(28)22-2)24-25-26(20)23-11-14-5-9-16(21)10-6-14/h3-11H,12H2,1-2H3,(H,22,28)/b23-11-. The SMILES string of the molecule is CNC(=O)c1nnn(/N=C\c2ccc(Cl)cc2)c1OCC(=O)c1ccc(C)cc1. The van der Waals surface area contributed by atoms with E-state index < -0.39 is 5.91 Å². The number of amides is 1. The average Bonchev–Trinajstić information content (AvgIpc) is 3.14. The summed E-state index contributed by atoms with van der Waals surface area (Å²) in [5, 5.41) is 14.9. The Morgan fingerprint density at radius 2 is 1.86 bits per heavy atom. The predicted molar refractivity (Wildman–Crippen MR) is 109 cm³/mol. The van der Waals surface area contributed by atoms with Crippen LogP contribution in [0.3, 0.4) is 0 Å². The molecule has 1 amide bonds. The van der Waals surface area contributed by atoms with E-state index >= 15 is 0 Å². The highest BCUT2D eigenvalue weighted by atomic mass is 35.5. The van der Waals surface area contributed by atoms with Gasteiger partial charge in [-0.05, 0) is 29.8 Å². The number of nitrogens with zero attached hydrogens (tertiary/aromatic N) is 4. The van der Waals surface area contributed by atoms with E-state index in [1.165, 1.54) is 13.3 Å². The lowest BCUT2D eigenvalue weighted by molar-refractivity contribution is 0.0898. The lowest BCUT2D eigenvalue weighted by atomic mass is 10.1. The van der Waals surface area contributed by atoms with Gasteiger partial charge in [-0.3, -0.25) is 9.59 Å². The van der Waals surface area contributed by atoms with Crippen LogP contribution in [0, 0.1) is 6.92 Å². The fourth-order valence-electron chi connectivity index (χ4n) is 2.35. The van der Waals surface area contributed by atoms with Crippen molar-refractivity contribution >= 4 is 29.5 Å². The fraction of sp³-hybridized carbons (Fsp3) is 0.150. The monoisotopic (exact) mass is 411 g/mol. The minimum atomic E-state index is -0.504. The summed E-state index contributed by atoms with van der Waals surface area (Å²) >= 11 is 5.87. The quantitative estimate of drug-likeness (QED) is 0.476. The van der Waals surface area contributed by atoms with Crippen molar-refractivity contribution in [3.63, 3.8) is 0 Å².